The van der Waals surface area contributed by atoms with Crippen molar-refractivity contribution >= 4 is 12.2 Å². The zero-order chi connectivity index (χ0) is 34.2. The Morgan fingerprint density at radius 2 is 1.69 bits per heavy atom. The molecule has 0 bridgehead atoms. The number of aliphatic hydroxyl groups excluding tert-OH is 2. The standard InChI is InChI=1S/C39H63NO8/c1-4-5-6-7-8-9-10-11-20-40-25-37-17-12-28(48-34-22-32(41)35(43)26(2)47-34)23-38(37,44)18-14-31-30(37)13-16-36(3)29(15-19-39(31,36)45)27-21-33(42)46-24-27/h21,25-26,28-32,34-35,41,43-45H,4-20,22-24H2,1-3H3/t26-,28+,29-,30+,31-,32+,34-,35+,36-,37+,38+,39+/m1/s1. The number of aliphatic hydroxyl groups is 4. The van der Waals surface area contributed by atoms with Crippen LogP contribution in [0.15, 0.2) is 16.6 Å². The van der Waals surface area contributed by atoms with E-state index >= 15 is 0 Å². The van der Waals surface area contributed by atoms with E-state index in [2.05, 4.69) is 20.1 Å². The van der Waals surface area contributed by atoms with Crippen molar-refractivity contribution in [3.63, 3.8) is 0 Å². The van der Waals surface area contributed by atoms with Gasteiger partial charge in [-0.1, -0.05) is 58.8 Å². The van der Waals surface area contributed by atoms with Crippen LogP contribution in [0.3, 0.4) is 0 Å². The first-order chi connectivity index (χ1) is 23.0. The lowest BCUT2D eigenvalue weighted by molar-refractivity contribution is -0.282. The molecule has 0 aromatic rings. The highest BCUT2D eigenvalue weighted by Crippen LogP contribution is 2.70. The largest absolute Gasteiger partial charge is 0.458 e. The van der Waals surface area contributed by atoms with Gasteiger partial charge in [-0.2, -0.15) is 0 Å². The van der Waals surface area contributed by atoms with Gasteiger partial charge < -0.3 is 34.6 Å². The second-order valence-corrected chi connectivity index (χ2v) is 16.7. The minimum absolute atomic E-state index is 0.0337. The molecule has 0 spiro atoms. The molecule has 2 heterocycles. The molecule has 5 fully saturated rings. The molecule has 2 aliphatic heterocycles. The number of hydrogen-bond donors (Lipinski definition) is 4. The van der Waals surface area contributed by atoms with Crippen molar-refractivity contribution in [3.8, 4) is 0 Å². The summed E-state index contributed by atoms with van der Waals surface area (Å²) in [5.41, 5.74) is -1.80. The Morgan fingerprint density at radius 1 is 0.958 bits per heavy atom. The molecule has 0 aromatic carbocycles. The zero-order valence-corrected chi connectivity index (χ0v) is 29.8. The molecule has 48 heavy (non-hydrogen) atoms. The molecule has 6 rings (SSSR count). The van der Waals surface area contributed by atoms with Crippen LogP contribution in [0.25, 0.3) is 0 Å². The average Bonchev–Trinajstić information content (AvgIpc) is 3.60. The first-order valence-corrected chi connectivity index (χ1v) is 19.5. The van der Waals surface area contributed by atoms with Crippen molar-refractivity contribution in [1.82, 2.24) is 0 Å². The van der Waals surface area contributed by atoms with Crippen LogP contribution in [0.4, 0.5) is 0 Å². The summed E-state index contributed by atoms with van der Waals surface area (Å²) in [6.45, 7) is 7.31. The van der Waals surface area contributed by atoms with Crippen molar-refractivity contribution in [1.29, 1.82) is 0 Å². The van der Waals surface area contributed by atoms with Gasteiger partial charge in [0.2, 0.25) is 0 Å². The molecule has 0 amide bonds. The predicted molar refractivity (Wildman–Crippen MR) is 183 cm³/mol. The van der Waals surface area contributed by atoms with Crippen LogP contribution in [0.1, 0.15) is 136 Å². The molecule has 272 valence electrons. The number of fused-ring (bicyclic) bond motifs is 5. The number of rotatable bonds is 13. The minimum atomic E-state index is -1.03. The smallest absolute Gasteiger partial charge is 0.331 e. The summed E-state index contributed by atoms with van der Waals surface area (Å²) in [7, 11) is 0. The second kappa shape index (κ2) is 14.7. The van der Waals surface area contributed by atoms with E-state index in [0.29, 0.717) is 32.3 Å². The van der Waals surface area contributed by atoms with Crippen LogP contribution in [0, 0.1) is 28.6 Å². The summed E-state index contributed by atoms with van der Waals surface area (Å²) in [6.07, 6.45) is 17.2. The maximum Gasteiger partial charge on any atom is 0.331 e. The average molecular weight is 674 g/mol. The summed E-state index contributed by atoms with van der Waals surface area (Å²) in [4.78, 5) is 17.1. The number of esters is 1. The third kappa shape index (κ3) is 6.58. The Kier molecular flexibility index (Phi) is 11.2. The molecule has 4 N–H and O–H groups in total. The number of aliphatic imine (C=N–C) groups is 1. The number of hydrogen-bond acceptors (Lipinski definition) is 9. The fourth-order valence-corrected chi connectivity index (χ4v) is 11.3. The van der Waals surface area contributed by atoms with E-state index < -0.39 is 41.2 Å². The zero-order valence-electron chi connectivity index (χ0n) is 29.8. The number of carbonyl (C=O) groups is 1. The second-order valence-electron chi connectivity index (χ2n) is 16.7. The number of carbonyl (C=O) groups excluding carboxylic acids is 1. The maximum atomic E-state index is 12.8. The monoisotopic (exact) mass is 673 g/mol. The lowest BCUT2D eigenvalue weighted by Gasteiger charge is -2.66. The van der Waals surface area contributed by atoms with Gasteiger partial charge in [-0.3, -0.25) is 4.99 Å². The van der Waals surface area contributed by atoms with Gasteiger partial charge in [0.25, 0.3) is 0 Å². The Bertz CT molecular complexity index is 1180. The lowest BCUT2D eigenvalue weighted by atomic mass is 9.41. The molecular formula is C39H63NO8. The van der Waals surface area contributed by atoms with Gasteiger partial charge in [-0.15, -0.1) is 0 Å². The highest BCUT2D eigenvalue weighted by atomic mass is 16.7. The Morgan fingerprint density at radius 3 is 2.40 bits per heavy atom. The summed E-state index contributed by atoms with van der Waals surface area (Å²) < 4.78 is 17.6. The first kappa shape index (κ1) is 36.4. The highest BCUT2D eigenvalue weighted by Gasteiger charge is 2.71. The van der Waals surface area contributed by atoms with E-state index in [9.17, 15) is 25.2 Å². The van der Waals surface area contributed by atoms with Crippen molar-refractivity contribution in [2.24, 2.45) is 33.6 Å². The van der Waals surface area contributed by atoms with Crippen LogP contribution >= 0.6 is 0 Å². The Hall–Kier alpha value is -1.36. The van der Waals surface area contributed by atoms with Crippen LogP contribution in [-0.4, -0.2) is 87.7 Å². The first-order valence-electron chi connectivity index (χ1n) is 19.5. The van der Waals surface area contributed by atoms with E-state index in [4.69, 9.17) is 19.2 Å². The van der Waals surface area contributed by atoms with Crippen molar-refractivity contribution in [2.45, 2.75) is 178 Å². The van der Waals surface area contributed by atoms with Crippen LogP contribution in [-0.2, 0) is 19.0 Å². The van der Waals surface area contributed by atoms with Crippen molar-refractivity contribution < 1.29 is 39.4 Å². The van der Waals surface area contributed by atoms with E-state index in [1.54, 1.807) is 13.0 Å². The summed E-state index contributed by atoms with van der Waals surface area (Å²) >= 11 is 0. The normalized spacial score (nSPS) is 45.8. The molecular weight excluding hydrogens is 610 g/mol. The van der Waals surface area contributed by atoms with Gasteiger partial charge in [0, 0.05) is 42.5 Å². The Balaban J connectivity index is 1.19. The van der Waals surface area contributed by atoms with E-state index in [1.165, 1.54) is 44.9 Å². The molecule has 4 saturated carbocycles. The Labute approximate surface area is 287 Å². The number of unbranched alkanes of at least 4 members (excludes halogenated alkanes) is 7. The molecule has 9 nitrogen and oxygen atoms in total. The van der Waals surface area contributed by atoms with Gasteiger partial charge in [-0.25, -0.2) is 4.79 Å². The predicted octanol–water partition coefficient (Wildman–Crippen LogP) is 5.79. The molecule has 0 radical (unpaired) electrons. The van der Waals surface area contributed by atoms with Gasteiger partial charge in [0.05, 0.1) is 29.5 Å². The van der Waals surface area contributed by atoms with Crippen LogP contribution < -0.4 is 0 Å². The summed E-state index contributed by atoms with van der Waals surface area (Å²) in [5.74, 6) is -0.0240. The molecule has 0 unspecified atom stereocenters. The highest BCUT2D eigenvalue weighted by molar-refractivity contribution is 5.85. The molecule has 12 atom stereocenters. The third-order valence-electron chi connectivity index (χ3n) is 14.1. The molecule has 9 heteroatoms. The third-order valence-corrected chi connectivity index (χ3v) is 14.1. The lowest BCUT2D eigenvalue weighted by Crippen LogP contribution is -2.69. The van der Waals surface area contributed by atoms with E-state index in [1.807, 2.05) is 0 Å². The fraction of sp³-hybridized carbons (Fsp3) is 0.897. The number of nitrogens with zero attached hydrogens (tertiary/aromatic N) is 1. The van der Waals surface area contributed by atoms with Crippen LogP contribution in [0.2, 0.25) is 0 Å². The quantitative estimate of drug-likeness (QED) is 0.0835. The van der Waals surface area contributed by atoms with Crippen molar-refractivity contribution in [3.05, 3.63) is 11.6 Å². The molecule has 6 aliphatic rings. The molecule has 0 aromatic heterocycles. The van der Waals surface area contributed by atoms with Gasteiger partial charge in [0.15, 0.2) is 6.29 Å². The van der Waals surface area contributed by atoms with Gasteiger partial charge in [0.1, 0.15) is 12.7 Å². The van der Waals surface area contributed by atoms with Crippen LogP contribution in [0.5, 0.6) is 0 Å². The van der Waals surface area contributed by atoms with E-state index in [0.717, 1.165) is 50.6 Å². The van der Waals surface area contributed by atoms with Gasteiger partial charge >= 0.3 is 5.97 Å². The number of cyclic esters (lactones) is 1. The number of ether oxygens (including phenoxy) is 3. The summed E-state index contributed by atoms with van der Waals surface area (Å²) in [6, 6.07) is 0. The fourth-order valence-electron chi connectivity index (χ4n) is 11.3. The van der Waals surface area contributed by atoms with Gasteiger partial charge in [-0.05, 0) is 88.0 Å². The molecule has 4 aliphatic carbocycles. The molecule has 1 saturated heterocycles. The van der Waals surface area contributed by atoms with E-state index in [-0.39, 0.29) is 41.7 Å². The van der Waals surface area contributed by atoms with Crippen molar-refractivity contribution in [2.75, 3.05) is 13.2 Å². The minimum Gasteiger partial charge on any atom is -0.458 e. The maximum absolute atomic E-state index is 12.8. The SMILES string of the molecule is CCCCCCCCCCN=C[C@]12CC[C@H](O[C@@H]3C[C@H](O)[C@@H](O)[C@@H](C)O3)C[C@@]1(O)CC[C@@H]1[C@@H]2CC[C@]2(C)[C@@H](C3=CC(=O)OC3)CC[C@]12O. The summed E-state index contributed by atoms with van der Waals surface area (Å²) in [5, 5.41) is 46.1. The topological polar surface area (TPSA) is 138 Å².